The van der Waals surface area contributed by atoms with E-state index in [0.29, 0.717) is 5.33 Å². The standard InChI is InChI=1S/C8H5BrN2O3/c9-3-1-2-6-4-7(11(13)14)5-10-8(6)12/h4-5H,3H2,(H,10,12). The average Bonchev–Trinajstić information content (AvgIpc) is 2.16. The number of nitrogens with zero attached hydrogens (tertiary/aromatic N) is 1. The molecule has 0 radical (unpaired) electrons. The lowest BCUT2D eigenvalue weighted by Gasteiger charge is -1.90. The molecule has 1 rings (SSSR count). The van der Waals surface area contributed by atoms with E-state index in [1.54, 1.807) is 0 Å². The molecule has 0 fully saturated rings. The number of pyridine rings is 1. The molecule has 0 aliphatic heterocycles. The van der Waals surface area contributed by atoms with Gasteiger partial charge in [0.1, 0.15) is 0 Å². The van der Waals surface area contributed by atoms with Crippen LogP contribution in [-0.4, -0.2) is 15.2 Å². The first-order chi connectivity index (χ1) is 6.65. The highest BCUT2D eigenvalue weighted by Gasteiger charge is 2.07. The van der Waals surface area contributed by atoms with Crippen molar-refractivity contribution in [3.63, 3.8) is 0 Å². The van der Waals surface area contributed by atoms with Gasteiger partial charge in [0.2, 0.25) is 0 Å². The lowest BCUT2D eigenvalue weighted by molar-refractivity contribution is -0.385. The van der Waals surface area contributed by atoms with Crippen LogP contribution in [0, 0.1) is 22.0 Å². The number of H-pyrrole nitrogens is 1. The van der Waals surface area contributed by atoms with E-state index >= 15 is 0 Å². The number of nitrogens with one attached hydrogen (secondary N) is 1. The summed E-state index contributed by atoms with van der Waals surface area (Å²) >= 11 is 3.06. The molecule has 0 amide bonds. The van der Waals surface area contributed by atoms with Crippen molar-refractivity contribution in [1.29, 1.82) is 0 Å². The minimum Gasteiger partial charge on any atom is -0.322 e. The Morgan fingerprint density at radius 2 is 2.36 bits per heavy atom. The summed E-state index contributed by atoms with van der Waals surface area (Å²) in [7, 11) is 0. The Hall–Kier alpha value is -1.61. The van der Waals surface area contributed by atoms with E-state index in [1.807, 2.05) is 0 Å². The molecule has 0 saturated heterocycles. The Bertz CT molecular complexity index is 469. The lowest BCUT2D eigenvalue weighted by atomic mass is 10.2. The van der Waals surface area contributed by atoms with Gasteiger partial charge in [0.05, 0.1) is 22.0 Å². The first-order valence-electron chi connectivity index (χ1n) is 3.57. The Morgan fingerprint density at radius 3 is 2.93 bits per heavy atom. The van der Waals surface area contributed by atoms with E-state index in [-0.39, 0.29) is 11.3 Å². The molecule has 0 aliphatic rings. The molecule has 0 bridgehead atoms. The second-order valence-electron chi connectivity index (χ2n) is 2.29. The minimum absolute atomic E-state index is 0.0960. The molecule has 0 saturated carbocycles. The number of rotatable bonds is 1. The fourth-order valence-electron chi connectivity index (χ4n) is 0.799. The SMILES string of the molecule is O=c1[nH]cc([N+](=O)[O-])cc1C#CCBr. The molecular weight excluding hydrogens is 252 g/mol. The van der Waals surface area contributed by atoms with Gasteiger partial charge in [-0.15, -0.1) is 0 Å². The number of hydrogen-bond donors (Lipinski definition) is 1. The van der Waals surface area contributed by atoms with Gasteiger partial charge in [0, 0.05) is 6.07 Å². The van der Waals surface area contributed by atoms with Crippen molar-refractivity contribution in [2.75, 3.05) is 5.33 Å². The Balaban J connectivity index is 3.22. The second kappa shape index (κ2) is 4.58. The zero-order valence-electron chi connectivity index (χ0n) is 6.91. The minimum atomic E-state index is -0.588. The maximum atomic E-state index is 11.1. The van der Waals surface area contributed by atoms with Gasteiger partial charge in [-0.25, -0.2) is 0 Å². The van der Waals surface area contributed by atoms with Gasteiger partial charge in [-0.05, 0) is 0 Å². The Labute approximate surface area is 87.4 Å². The van der Waals surface area contributed by atoms with E-state index in [4.69, 9.17) is 0 Å². The zero-order chi connectivity index (χ0) is 10.6. The summed E-state index contributed by atoms with van der Waals surface area (Å²) in [5.41, 5.74) is -0.508. The van der Waals surface area contributed by atoms with Crippen LogP contribution in [0.4, 0.5) is 5.69 Å². The highest BCUT2D eigenvalue weighted by atomic mass is 79.9. The number of aromatic nitrogens is 1. The van der Waals surface area contributed by atoms with Crippen LogP contribution in [0.2, 0.25) is 0 Å². The molecule has 1 aromatic rings. The van der Waals surface area contributed by atoms with Crippen LogP contribution in [0.15, 0.2) is 17.1 Å². The highest BCUT2D eigenvalue weighted by Crippen LogP contribution is 2.06. The number of hydrogen-bond acceptors (Lipinski definition) is 3. The van der Waals surface area contributed by atoms with Crippen LogP contribution in [0.25, 0.3) is 0 Å². The van der Waals surface area contributed by atoms with Crippen molar-refractivity contribution in [1.82, 2.24) is 4.98 Å². The largest absolute Gasteiger partial charge is 0.322 e. The molecule has 1 N–H and O–H groups in total. The predicted molar refractivity (Wildman–Crippen MR) is 54.4 cm³/mol. The summed E-state index contributed by atoms with van der Waals surface area (Å²) in [6.45, 7) is 0. The third kappa shape index (κ3) is 2.44. The Morgan fingerprint density at radius 1 is 1.64 bits per heavy atom. The number of aromatic amines is 1. The summed E-state index contributed by atoms with van der Waals surface area (Å²) in [6.07, 6.45) is 1.04. The van der Waals surface area contributed by atoms with Crippen molar-refractivity contribution in [2.45, 2.75) is 0 Å². The molecule has 0 atom stereocenters. The monoisotopic (exact) mass is 256 g/mol. The highest BCUT2D eigenvalue weighted by molar-refractivity contribution is 9.09. The fraction of sp³-hybridized carbons (Fsp3) is 0.125. The van der Waals surface area contributed by atoms with Gasteiger partial charge < -0.3 is 4.98 Å². The molecule has 0 aliphatic carbocycles. The van der Waals surface area contributed by atoms with Gasteiger partial charge in [-0.2, -0.15) is 0 Å². The summed E-state index contributed by atoms with van der Waals surface area (Å²) in [5, 5.41) is 10.8. The smallest absolute Gasteiger partial charge is 0.286 e. The number of alkyl halides is 1. The number of nitro groups is 1. The molecule has 72 valence electrons. The summed E-state index contributed by atoms with van der Waals surface area (Å²) < 4.78 is 0. The molecule has 14 heavy (non-hydrogen) atoms. The third-order valence-corrected chi connectivity index (χ3v) is 1.67. The predicted octanol–water partition coefficient (Wildman–Crippen LogP) is 1.03. The van der Waals surface area contributed by atoms with Crippen LogP contribution in [-0.2, 0) is 0 Å². The average molecular weight is 257 g/mol. The van der Waals surface area contributed by atoms with Crippen LogP contribution >= 0.6 is 15.9 Å². The maximum Gasteiger partial charge on any atom is 0.286 e. The van der Waals surface area contributed by atoms with Crippen molar-refractivity contribution in [3.8, 4) is 11.8 Å². The van der Waals surface area contributed by atoms with Crippen LogP contribution in [0.5, 0.6) is 0 Å². The van der Waals surface area contributed by atoms with Crippen LogP contribution in [0.3, 0.4) is 0 Å². The first-order valence-corrected chi connectivity index (χ1v) is 4.69. The quantitative estimate of drug-likeness (QED) is 0.353. The van der Waals surface area contributed by atoms with E-state index in [2.05, 4.69) is 32.8 Å². The van der Waals surface area contributed by atoms with E-state index in [0.717, 1.165) is 12.3 Å². The van der Waals surface area contributed by atoms with Crippen LogP contribution in [0.1, 0.15) is 5.56 Å². The van der Waals surface area contributed by atoms with Gasteiger partial charge >= 0.3 is 0 Å². The summed E-state index contributed by atoms with van der Waals surface area (Å²) in [6, 6.07) is 1.15. The molecule has 0 aromatic carbocycles. The van der Waals surface area contributed by atoms with Crippen molar-refractivity contribution < 1.29 is 4.92 Å². The third-order valence-electron chi connectivity index (χ3n) is 1.39. The van der Waals surface area contributed by atoms with Crippen molar-refractivity contribution in [2.24, 2.45) is 0 Å². The lowest BCUT2D eigenvalue weighted by Crippen LogP contribution is -2.09. The zero-order valence-corrected chi connectivity index (χ0v) is 8.50. The Kier molecular flexibility index (Phi) is 3.42. The number of halogens is 1. The van der Waals surface area contributed by atoms with Gasteiger partial charge in [-0.1, -0.05) is 27.8 Å². The van der Waals surface area contributed by atoms with Gasteiger partial charge in [0.25, 0.3) is 11.2 Å². The van der Waals surface area contributed by atoms with E-state index in [9.17, 15) is 14.9 Å². The van der Waals surface area contributed by atoms with Gasteiger partial charge in [-0.3, -0.25) is 14.9 Å². The molecule has 1 heterocycles. The molecule has 5 nitrogen and oxygen atoms in total. The second-order valence-corrected chi connectivity index (χ2v) is 2.85. The van der Waals surface area contributed by atoms with Crippen molar-refractivity contribution in [3.05, 3.63) is 38.3 Å². The summed E-state index contributed by atoms with van der Waals surface area (Å²) in [5.74, 6) is 5.11. The van der Waals surface area contributed by atoms with Crippen molar-refractivity contribution >= 4 is 21.6 Å². The first kappa shape index (κ1) is 10.5. The van der Waals surface area contributed by atoms with Gasteiger partial charge in [0.15, 0.2) is 0 Å². The van der Waals surface area contributed by atoms with E-state index < -0.39 is 10.5 Å². The fourth-order valence-corrected chi connectivity index (χ4v) is 0.939. The summed E-state index contributed by atoms with van der Waals surface area (Å²) in [4.78, 5) is 23.1. The van der Waals surface area contributed by atoms with E-state index in [1.165, 1.54) is 0 Å². The normalized spacial score (nSPS) is 8.93. The molecule has 0 unspecified atom stereocenters. The molecule has 1 aromatic heterocycles. The molecule has 6 heteroatoms. The maximum absolute atomic E-state index is 11.1. The van der Waals surface area contributed by atoms with Crippen LogP contribution < -0.4 is 5.56 Å². The topological polar surface area (TPSA) is 76.0 Å². The molecule has 0 spiro atoms. The molecular formula is C8H5BrN2O3.